The second-order valence-corrected chi connectivity index (χ2v) is 3.58. The number of carbonyl (C=O) groups is 1. The third kappa shape index (κ3) is 2.16. The van der Waals surface area contributed by atoms with Crippen LogP contribution < -0.4 is 0 Å². The van der Waals surface area contributed by atoms with Gasteiger partial charge in [0, 0.05) is 17.7 Å². The second-order valence-electron chi connectivity index (χ2n) is 3.58. The third-order valence-corrected chi connectivity index (χ3v) is 2.40. The molecule has 1 aromatic carbocycles. The summed E-state index contributed by atoms with van der Waals surface area (Å²) in [6, 6.07) is 4.67. The lowest BCUT2D eigenvalue weighted by Gasteiger charge is -1.96. The Morgan fingerprint density at radius 3 is 2.20 bits per heavy atom. The highest BCUT2D eigenvalue weighted by atomic mass is 16.6. The highest BCUT2D eigenvalue weighted by Crippen LogP contribution is 2.31. The van der Waals surface area contributed by atoms with E-state index in [9.17, 15) is 25.0 Å². The van der Waals surface area contributed by atoms with Crippen molar-refractivity contribution < 1.29 is 24.3 Å². The lowest BCUT2D eigenvalue weighted by molar-refractivity contribution is -0.391. The summed E-state index contributed by atoms with van der Waals surface area (Å²) in [4.78, 5) is 30.6. The van der Waals surface area contributed by atoms with Crippen LogP contribution in [0.25, 0.3) is 11.3 Å². The first kappa shape index (κ1) is 13.1. The number of aromatic carboxylic acids is 1. The highest BCUT2D eigenvalue weighted by Gasteiger charge is 2.33. The summed E-state index contributed by atoms with van der Waals surface area (Å²) in [6.07, 6.45) is 0. The normalized spacial score (nSPS) is 10.2. The summed E-state index contributed by atoms with van der Waals surface area (Å²) >= 11 is 0. The van der Waals surface area contributed by atoms with Gasteiger partial charge < -0.3 is 15.2 Å². The predicted octanol–water partition coefficient (Wildman–Crippen LogP) is 1.86. The molecule has 0 saturated carbocycles. The Bertz CT molecular complexity index is 704. The molecule has 0 atom stereocenters. The molecule has 0 saturated heterocycles. The number of nitrogens with zero attached hydrogens (tertiary/aromatic N) is 3. The Balaban J connectivity index is 2.55. The largest absolute Gasteiger partial charge is 0.477 e. The van der Waals surface area contributed by atoms with Crippen molar-refractivity contribution in [1.29, 1.82) is 0 Å². The van der Waals surface area contributed by atoms with E-state index in [0.29, 0.717) is 0 Å². The molecule has 0 fully saturated rings. The maximum absolute atomic E-state index is 11.0. The SMILES string of the molecule is O=C(O)c1c([N+](=O)[O-])noc1-c1ccc([N+](=O)[O-])cc1. The number of carboxylic acid groups (broad SMARTS) is 1. The van der Waals surface area contributed by atoms with Gasteiger partial charge in [-0.1, -0.05) is 0 Å². The van der Waals surface area contributed by atoms with Gasteiger partial charge in [-0.3, -0.25) is 14.6 Å². The molecule has 1 heterocycles. The van der Waals surface area contributed by atoms with Gasteiger partial charge in [-0.15, -0.1) is 0 Å². The molecule has 1 N–H and O–H groups in total. The topological polar surface area (TPSA) is 150 Å². The highest BCUT2D eigenvalue weighted by molar-refractivity contribution is 5.97. The van der Waals surface area contributed by atoms with Crippen molar-refractivity contribution in [3.63, 3.8) is 0 Å². The number of nitro benzene ring substituents is 1. The summed E-state index contributed by atoms with van der Waals surface area (Å²) in [5.74, 6) is -2.84. The Morgan fingerprint density at radius 2 is 1.75 bits per heavy atom. The van der Waals surface area contributed by atoms with Crippen LogP contribution in [0, 0.1) is 20.2 Å². The van der Waals surface area contributed by atoms with Crippen LogP contribution >= 0.6 is 0 Å². The molecule has 0 unspecified atom stereocenters. The predicted molar refractivity (Wildman–Crippen MR) is 62.2 cm³/mol. The molecule has 10 nitrogen and oxygen atoms in total. The molecule has 0 bridgehead atoms. The van der Waals surface area contributed by atoms with E-state index in [2.05, 4.69) is 9.68 Å². The van der Waals surface area contributed by atoms with Crippen LogP contribution in [0.3, 0.4) is 0 Å². The van der Waals surface area contributed by atoms with Crippen molar-refractivity contribution >= 4 is 17.5 Å². The maximum Gasteiger partial charge on any atom is 0.428 e. The zero-order valence-electron chi connectivity index (χ0n) is 9.55. The molecule has 1 aromatic heterocycles. The van der Waals surface area contributed by atoms with E-state index >= 15 is 0 Å². The van der Waals surface area contributed by atoms with Gasteiger partial charge in [0.25, 0.3) is 5.69 Å². The number of non-ortho nitro benzene ring substituents is 1. The molecule has 0 amide bonds. The van der Waals surface area contributed by atoms with E-state index in [1.807, 2.05) is 0 Å². The van der Waals surface area contributed by atoms with Crippen molar-refractivity contribution in [2.24, 2.45) is 0 Å². The van der Waals surface area contributed by atoms with E-state index in [4.69, 9.17) is 5.11 Å². The molecule has 0 spiro atoms. The summed E-state index contributed by atoms with van der Waals surface area (Å²) in [7, 11) is 0. The fourth-order valence-corrected chi connectivity index (χ4v) is 1.53. The molecule has 0 aliphatic heterocycles. The number of hydrogen-bond donors (Lipinski definition) is 1. The Labute approximate surface area is 109 Å². The molecule has 20 heavy (non-hydrogen) atoms. The molecule has 0 aliphatic rings. The van der Waals surface area contributed by atoms with Crippen molar-refractivity contribution in [2.75, 3.05) is 0 Å². The number of carboxylic acids is 1. The van der Waals surface area contributed by atoms with E-state index in [1.165, 1.54) is 12.1 Å². The van der Waals surface area contributed by atoms with Crippen molar-refractivity contribution in [1.82, 2.24) is 5.16 Å². The Morgan fingerprint density at radius 1 is 1.15 bits per heavy atom. The summed E-state index contributed by atoms with van der Waals surface area (Å²) in [5, 5.41) is 33.2. The Hall–Kier alpha value is -3.30. The number of aromatic nitrogens is 1. The monoisotopic (exact) mass is 279 g/mol. The molecule has 10 heteroatoms. The molecule has 102 valence electrons. The van der Waals surface area contributed by atoms with E-state index in [0.717, 1.165) is 12.1 Å². The van der Waals surface area contributed by atoms with E-state index < -0.39 is 27.2 Å². The maximum atomic E-state index is 11.0. The molecular weight excluding hydrogens is 274 g/mol. The molecule has 0 radical (unpaired) electrons. The smallest absolute Gasteiger partial charge is 0.428 e. The minimum Gasteiger partial charge on any atom is -0.477 e. The first-order chi connectivity index (χ1) is 9.41. The minimum atomic E-state index is -1.58. The van der Waals surface area contributed by atoms with Gasteiger partial charge in [0.2, 0.25) is 11.3 Å². The summed E-state index contributed by atoms with van der Waals surface area (Å²) in [6.45, 7) is 0. The van der Waals surface area contributed by atoms with Crippen LogP contribution in [0.1, 0.15) is 10.4 Å². The quantitative estimate of drug-likeness (QED) is 0.657. The van der Waals surface area contributed by atoms with Crippen LogP contribution in [-0.4, -0.2) is 26.1 Å². The van der Waals surface area contributed by atoms with Gasteiger partial charge >= 0.3 is 11.8 Å². The zero-order chi connectivity index (χ0) is 14.9. The van der Waals surface area contributed by atoms with Gasteiger partial charge in [0.05, 0.1) is 4.92 Å². The fourth-order valence-electron chi connectivity index (χ4n) is 1.53. The van der Waals surface area contributed by atoms with Gasteiger partial charge in [-0.25, -0.2) is 4.79 Å². The number of nitro groups is 2. The van der Waals surface area contributed by atoms with Crippen LogP contribution in [0.5, 0.6) is 0 Å². The van der Waals surface area contributed by atoms with Crippen LogP contribution in [0.4, 0.5) is 11.5 Å². The molecule has 0 aliphatic carbocycles. The van der Waals surface area contributed by atoms with Crippen LogP contribution in [0.2, 0.25) is 0 Å². The van der Waals surface area contributed by atoms with Crippen molar-refractivity contribution in [3.05, 3.63) is 50.1 Å². The summed E-state index contributed by atoms with van der Waals surface area (Å²) < 4.78 is 4.66. The molecule has 2 rings (SSSR count). The van der Waals surface area contributed by atoms with Gasteiger partial charge in [0.15, 0.2) is 5.16 Å². The number of benzene rings is 1. The first-order valence-corrected chi connectivity index (χ1v) is 5.04. The zero-order valence-corrected chi connectivity index (χ0v) is 9.55. The lowest BCUT2D eigenvalue weighted by atomic mass is 10.1. The van der Waals surface area contributed by atoms with Crippen LogP contribution in [0.15, 0.2) is 28.8 Å². The van der Waals surface area contributed by atoms with Gasteiger partial charge in [-0.05, 0) is 17.1 Å². The van der Waals surface area contributed by atoms with Crippen molar-refractivity contribution in [3.8, 4) is 11.3 Å². The molecular formula is C10H5N3O7. The minimum absolute atomic E-state index is 0.133. The molecule has 2 aromatic rings. The second kappa shape index (κ2) is 4.76. The first-order valence-electron chi connectivity index (χ1n) is 5.04. The summed E-state index contributed by atoms with van der Waals surface area (Å²) in [5.41, 5.74) is -0.780. The van der Waals surface area contributed by atoms with Crippen molar-refractivity contribution in [2.45, 2.75) is 0 Å². The van der Waals surface area contributed by atoms with E-state index in [-0.39, 0.29) is 17.0 Å². The standard InChI is InChI=1S/C10H5N3O7/c14-10(15)7-8(20-11-9(7)13(18)19)5-1-3-6(4-2-5)12(16)17/h1-4H,(H,14,15). The number of rotatable bonds is 4. The average Bonchev–Trinajstić information content (AvgIpc) is 2.83. The lowest BCUT2D eigenvalue weighted by Crippen LogP contribution is -2.02. The van der Waals surface area contributed by atoms with E-state index in [1.54, 1.807) is 0 Å². The van der Waals surface area contributed by atoms with Gasteiger partial charge in [-0.2, -0.15) is 0 Å². The third-order valence-electron chi connectivity index (χ3n) is 2.40. The fraction of sp³-hybridized carbons (Fsp3) is 0. The number of hydrogen-bond acceptors (Lipinski definition) is 7. The van der Waals surface area contributed by atoms with Gasteiger partial charge in [0.1, 0.15) is 0 Å². The average molecular weight is 279 g/mol. The Kier molecular flexibility index (Phi) is 3.13. The van der Waals surface area contributed by atoms with Crippen LogP contribution in [-0.2, 0) is 0 Å².